The van der Waals surface area contributed by atoms with Crippen molar-refractivity contribution in [2.24, 2.45) is 4.99 Å². The molecular formula is C21H29N5O2S2. The third kappa shape index (κ3) is 6.38. The summed E-state index contributed by atoms with van der Waals surface area (Å²) in [5.41, 5.74) is 0.868. The minimum Gasteiger partial charge on any atom is -0.316 e. The molecule has 0 fully saturated rings. The molecule has 30 heavy (non-hydrogen) atoms. The molecule has 0 radical (unpaired) electrons. The van der Waals surface area contributed by atoms with Crippen LogP contribution in [0.5, 0.6) is 0 Å². The summed E-state index contributed by atoms with van der Waals surface area (Å²) in [4.78, 5) is 7.90. The number of hydrogen-bond donors (Lipinski definition) is 1. The molecular weight excluding hydrogens is 418 g/mol. The third-order valence-electron chi connectivity index (χ3n) is 4.10. The summed E-state index contributed by atoms with van der Waals surface area (Å²) < 4.78 is 27.5. The van der Waals surface area contributed by atoms with Crippen molar-refractivity contribution < 1.29 is 8.42 Å². The molecule has 162 valence electrons. The van der Waals surface area contributed by atoms with Gasteiger partial charge in [0.05, 0.1) is 16.5 Å². The monoisotopic (exact) mass is 447 g/mol. The summed E-state index contributed by atoms with van der Waals surface area (Å²) in [5, 5.41) is 9.58. The molecule has 2 heterocycles. The van der Waals surface area contributed by atoms with E-state index >= 15 is 0 Å². The van der Waals surface area contributed by atoms with Gasteiger partial charge in [0.25, 0.3) is 0 Å². The molecule has 0 saturated heterocycles. The number of thioether (sulfide) groups is 1. The van der Waals surface area contributed by atoms with Gasteiger partial charge in [0, 0.05) is 18.7 Å². The second kappa shape index (κ2) is 11.8. The maximum atomic E-state index is 13.0. The Bertz CT molecular complexity index is 979. The normalized spacial score (nSPS) is 15.4. The molecule has 0 aliphatic carbocycles. The third-order valence-corrected chi connectivity index (χ3v) is 6.89. The van der Waals surface area contributed by atoms with Crippen LogP contribution in [0.2, 0.25) is 0 Å². The van der Waals surface area contributed by atoms with E-state index in [1.54, 1.807) is 28.6 Å². The number of allylic oxidation sites excluding steroid dienone is 6. The van der Waals surface area contributed by atoms with E-state index in [0.29, 0.717) is 29.1 Å². The molecule has 1 aromatic heterocycles. The summed E-state index contributed by atoms with van der Waals surface area (Å²) in [6, 6.07) is 0. The molecule has 0 unspecified atom stereocenters. The quantitative estimate of drug-likeness (QED) is 0.539. The zero-order valence-corrected chi connectivity index (χ0v) is 19.3. The van der Waals surface area contributed by atoms with Crippen LogP contribution in [0.3, 0.4) is 0 Å². The molecule has 7 nitrogen and oxygen atoms in total. The Morgan fingerprint density at radius 2 is 2.00 bits per heavy atom. The Hall–Kier alpha value is -2.23. The maximum Gasteiger partial charge on any atom is 0.242 e. The SMILES string of the molecule is C=C/C=C(\C=C/C)c1nnc(SC2=NCC=C(S(=O)(=O)N(CCC)CCC)C=C2)[nH]1. The number of H-pyrrole nitrogens is 1. The van der Waals surface area contributed by atoms with Crippen LogP contribution in [0.15, 0.2) is 64.2 Å². The van der Waals surface area contributed by atoms with E-state index in [9.17, 15) is 8.42 Å². The van der Waals surface area contributed by atoms with Gasteiger partial charge in [0.2, 0.25) is 10.0 Å². The number of aromatic nitrogens is 3. The largest absolute Gasteiger partial charge is 0.316 e. The van der Waals surface area contributed by atoms with E-state index in [1.165, 1.54) is 11.8 Å². The molecule has 0 bridgehead atoms. The van der Waals surface area contributed by atoms with Crippen molar-refractivity contribution in [2.75, 3.05) is 19.6 Å². The van der Waals surface area contributed by atoms with Gasteiger partial charge in [-0.3, -0.25) is 4.99 Å². The zero-order chi connectivity index (χ0) is 22.0. The van der Waals surface area contributed by atoms with Gasteiger partial charge in [-0.15, -0.1) is 10.2 Å². The van der Waals surface area contributed by atoms with Crippen molar-refractivity contribution in [3.63, 3.8) is 0 Å². The molecule has 2 rings (SSSR count). The van der Waals surface area contributed by atoms with Crippen LogP contribution in [0.1, 0.15) is 39.4 Å². The smallest absolute Gasteiger partial charge is 0.242 e. The Kier molecular flexibility index (Phi) is 9.48. The predicted octanol–water partition coefficient (Wildman–Crippen LogP) is 4.35. The van der Waals surface area contributed by atoms with Crippen molar-refractivity contribution >= 4 is 32.4 Å². The average molecular weight is 448 g/mol. The molecule has 0 aromatic carbocycles. The molecule has 0 atom stereocenters. The first-order valence-corrected chi connectivity index (χ1v) is 12.2. The molecule has 1 aromatic rings. The van der Waals surface area contributed by atoms with Gasteiger partial charge in [0.1, 0.15) is 0 Å². The minimum absolute atomic E-state index is 0.284. The molecule has 0 amide bonds. The lowest BCUT2D eigenvalue weighted by Crippen LogP contribution is -2.33. The van der Waals surface area contributed by atoms with Crippen LogP contribution >= 0.6 is 11.8 Å². The van der Waals surface area contributed by atoms with Crippen molar-refractivity contribution in [1.82, 2.24) is 19.5 Å². The molecule has 0 saturated carbocycles. The van der Waals surface area contributed by atoms with Gasteiger partial charge in [-0.2, -0.15) is 4.31 Å². The van der Waals surface area contributed by atoms with Gasteiger partial charge in [-0.05, 0) is 49.8 Å². The Morgan fingerprint density at radius 1 is 1.27 bits per heavy atom. The Balaban J connectivity index is 2.15. The lowest BCUT2D eigenvalue weighted by atomic mass is 10.2. The fourth-order valence-electron chi connectivity index (χ4n) is 2.80. The van der Waals surface area contributed by atoms with E-state index in [0.717, 1.165) is 18.4 Å². The molecule has 1 N–H and O–H groups in total. The highest BCUT2D eigenvalue weighted by molar-refractivity contribution is 8.14. The van der Waals surface area contributed by atoms with Crippen LogP contribution in [0.25, 0.3) is 5.57 Å². The lowest BCUT2D eigenvalue weighted by molar-refractivity contribution is 0.415. The van der Waals surface area contributed by atoms with Crippen LogP contribution in [0, 0.1) is 0 Å². The van der Waals surface area contributed by atoms with Crippen LogP contribution in [-0.2, 0) is 10.0 Å². The number of nitrogens with one attached hydrogen (secondary N) is 1. The first kappa shape index (κ1) is 24.0. The van der Waals surface area contributed by atoms with Crippen molar-refractivity contribution in [3.05, 3.63) is 59.8 Å². The van der Waals surface area contributed by atoms with Crippen LogP contribution in [0.4, 0.5) is 0 Å². The van der Waals surface area contributed by atoms with E-state index in [4.69, 9.17) is 0 Å². The van der Waals surface area contributed by atoms with Crippen molar-refractivity contribution in [1.29, 1.82) is 0 Å². The van der Waals surface area contributed by atoms with Crippen LogP contribution in [-0.4, -0.2) is 52.6 Å². The predicted molar refractivity (Wildman–Crippen MR) is 126 cm³/mol. The first-order chi connectivity index (χ1) is 14.5. The fraction of sp³-hybridized carbons (Fsp3) is 0.381. The van der Waals surface area contributed by atoms with E-state index in [2.05, 4.69) is 26.8 Å². The van der Waals surface area contributed by atoms with Gasteiger partial charge in [-0.1, -0.05) is 44.7 Å². The number of rotatable bonds is 10. The molecule has 1 aliphatic rings. The summed E-state index contributed by atoms with van der Waals surface area (Å²) in [6.45, 7) is 10.9. The van der Waals surface area contributed by atoms with Gasteiger partial charge >= 0.3 is 0 Å². The molecule has 9 heteroatoms. The summed E-state index contributed by atoms with van der Waals surface area (Å²) in [6.07, 6.45) is 13.9. The Morgan fingerprint density at radius 3 is 2.63 bits per heavy atom. The number of hydrogen-bond acceptors (Lipinski definition) is 6. The van der Waals surface area contributed by atoms with E-state index < -0.39 is 10.0 Å². The highest BCUT2D eigenvalue weighted by atomic mass is 32.2. The second-order valence-corrected chi connectivity index (χ2v) is 9.41. The van der Waals surface area contributed by atoms with E-state index in [1.807, 2.05) is 39.0 Å². The van der Waals surface area contributed by atoms with Crippen LogP contribution < -0.4 is 0 Å². The van der Waals surface area contributed by atoms with Crippen molar-refractivity contribution in [2.45, 2.75) is 38.8 Å². The number of aliphatic imine (C=N–C) groups is 1. The number of nitrogens with zero attached hydrogens (tertiary/aromatic N) is 4. The average Bonchev–Trinajstić information content (AvgIpc) is 3.04. The molecule has 0 spiro atoms. The first-order valence-electron chi connectivity index (χ1n) is 9.95. The summed E-state index contributed by atoms with van der Waals surface area (Å²) in [7, 11) is -3.52. The standard InChI is InChI=1S/C21H29N5O2S2/c1-5-9-17(10-6-2)20-23-21(25-24-20)29-19-12-11-18(13-14-22-19)30(27,28)26(15-7-3)16-8-4/h5-6,9-13H,1,7-8,14-16H2,2-4H3,(H,23,24,25)/b10-6-,17-9+. The van der Waals surface area contributed by atoms with Gasteiger partial charge in [-0.25, -0.2) is 8.42 Å². The zero-order valence-electron chi connectivity index (χ0n) is 17.7. The summed E-state index contributed by atoms with van der Waals surface area (Å²) in [5.74, 6) is 0.630. The highest BCUT2D eigenvalue weighted by Gasteiger charge is 2.24. The van der Waals surface area contributed by atoms with Crippen molar-refractivity contribution in [3.8, 4) is 0 Å². The fourth-order valence-corrected chi connectivity index (χ4v) is 5.17. The maximum absolute atomic E-state index is 13.0. The number of sulfonamides is 1. The van der Waals surface area contributed by atoms with Gasteiger partial charge in [0.15, 0.2) is 11.0 Å². The second-order valence-electron chi connectivity index (χ2n) is 6.46. The van der Waals surface area contributed by atoms with Gasteiger partial charge < -0.3 is 4.98 Å². The highest BCUT2D eigenvalue weighted by Crippen LogP contribution is 2.23. The topological polar surface area (TPSA) is 91.3 Å². The van der Waals surface area contributed by atoms with E-state index in [-0.39, 0.29) is 11.4 Å². The Labute approximate surface area is 183 Å². The lowest BCUT2D eigenvalue weighted by Gasteiger charge is -2.21. The number of aromatic amines is 1. The molecule has 1 aliphatic heterocycles. The summed E-state index contributed by atoms with van der Waals surface area (Å²) >= 11 is 1.31. The minimum atomic E-state index is -3.52.